The van der Waals surface area contributed by atoms with Crippen molar-refractivity contribution in [3.8, 4) is 0 Å². The number of para-hydroxylation sites is 2. The summed E-state index contributed by atoms with van der Waals surface area (Å²) in [4.78, 5) is 6.95. The zero-order chi connectivity index (χ0) is 12.4. The van der Waals surface area contributed by atoms with Gasteiger partial charge in [0.1, 0.15) is 5.82 Å². The van der Waals surface area contributed by atoms with Gasteiger partial charge in [-0.25, -0.2) is 4.98 Å². The Morgan fingerprint density at radius 2 is 2.12 bits per heavy atom. The van der Waals surface area contributed by atoms with Gasteiger partial charge >= 0.3 is 0 Å². The minimum Gasteiger partial charge on any atom is -0.330 e. The maximum Gasteiger partial charge on any atom is 0.123 e. The molecule has 3 nitrogen and oxygen atoms in total. The van der Waals surface area contributed by atoms with Crippen LogP contribution < -0.4 is 0 Å². The molecule has 86 valence electrons. The van der Waals surface area contributed by atoms with Crippen LogP contribution in [0.2, 0.25) is 0 Å². The number of imidazole rings is 1. The molecule has 0 saturated heterocycles. The first-order valence-corrected chi connectivity index (χ1v) is 5.80. The van der Waals surface area contributed by atoms with Crippen molar-refractivity contribution in [2.45, 2.75) is 20.4 Å². The van der Waals surface area contributed by atoms with Gasteiger partial charge < -0.3 is 4.57 Å². The normalized spacial score (nSPS) is 12.4. The van der Waals surface area contributed by atoms with E-state index in [1.165, 1.54) is 0 Å². The summed E-state index contributed by atoms with van der Waals surface area (Å²) in [5.74, 6) is 1.06. The fourth-order valence-corrected chi connectivity index (χ4v) is 1.93. The second-order valence-corrected chi connectivity index (χ2v) is 3.96. The first-order valence-electron chi connectivity index (χ1n) is 6.30. The number of aromatic nitrogens is 2. The van der Waals surface area contributed by atoms with Crippen LogP contribution in [-0.4, -0.2) is 27.5 Å². The molecule has 1 aromatic carbocycles. The molecule has 0 radical (unpaired) electrons. The highest BCUT2D eigenvalue weighted by molar-refractivity contribution is 5.75. The third-order valence-corrected chi connectivity index (χ3v) is 3.08. The van der Waals surface area contributed by atoms with Gasteiger partial charge in [0.05, 0.1) is 18.9 Å². The summed E-state index contributed by atoms with van der Waals surface area (Å²) in [6.07, 6.45) is 0. The summed E-state index contributed by atoms with van der Waals surface area (Å²) in [5.41, 5.74) is 2.02. The van der Waals surface area contributed by atoms with Crippen molar-refractivity contribution >= 4 is 11.0 Å². The fraction of sp³-hybridized carbons (Fsp3) is 0.462. The molecule has 0 saturated carbocycles. The van der Waals surface area contributed by atoms with E-state index < -0.39 is 0 Å². The fourth-order valence-electron chi connectivity index (χ4n) is 1.93. The van der Waals surface area contributed by atoms with E-state index >= 15 is 0 Å². The summed E-state index contributed by atoms with van der Waals surface area (Å²) in [6, 6.07) is 6.12. The molecule has 2 rings (SSSR count). The largest absolute Gasteiger partial charge is 0.330 e. The lowest BCUT2D eigenvalue weighted by atomic mass is 10.3. The second-order valence-electron chi connectivity index (χ2n) is 3.96. The van der Waals surface area contributed by atoms with Gasteiger partial charge in [0.15, 0.2) is 0 Å². The molecule has 3 heteroatoms. The molecule has 0 aliphatic carbocycles. The van der Waals surface area contributed by atoms with E-state index in [2.05, 4.69) is 28.3 Å². The van der Waals surface area contributed by atoms with Gasteiger partial charge in [-0.05, 0) is 25.2 Å². The Balaban J connectivity index is 2.38. The Labute approximate surface area is 98.1 Å². The topological polar surface area (TPSA) is 21.1 Å². The minimum atomic E-state index is 0.519. The molecule has 0 bridgehead atoms. The van der Waals surface area contributed by atoms with Gasteiger partial charge in [0, 0.05) is 7.05 Å². The predicted molar refractivity (Wildman–Crippen MR) is 67.3 cm³/mol. The van der Waals surface area contributed by atoms with Crippen molar-refractivity contribution in [1.29, 1.82) is 0 Å². The number of benzene rings is 1. The van der Waals surface area contributed by atoms with Crippen LogP contribution in [0.15, 0.2) is 24.2 Å². The highest BCUT2D eigenvalue weighted by Crippen LogP contribution is 2.15. The van der Waals surface area contributed by atoms with Crippen LogP contribution in [0.5, 0.6) is 0 Å². The average Bonchev–Trinajstić information content (AvgIpc) is 2.62. The average molecular weight is 218 g/mol. The van der Waals surface area contributed by atoms with E-state index in [1.54, 1.807) is 0 Å². The highest BCUT2D eigenvalue weighted by Gasteiger charge is 2.09. The maximum atomic E-state index is 7.61. The molecule has 0 N–H and O–H groups in total. The van der Waals surface area contributed by atoms with Crippen molar-refractivity contribution < 1.29 is 1.37 Å². The Morgan fingerprint density at radius 3 is 2.81 bits per heavy atom. The van der Waals surface area contributed by atoms with Gasteiger partial charge in [-0.2, -0.15) is 0 Å². The number of rotatable bonds is 4. The Bertz CT molecular complexity index is 515. The SMILES string of the molecule is [2H]c1ccc2c(c1)nc(CN(CC)CC)n2C. The van der Waals surface area contributed by atoms with Crippen LogP contribution in [0.25, 0.3) is 11.0 Å². The summed E-state index contributed by atoms with van der Waals surface area (Å²) in [7, 11) is 2.04. The monoisotopic (exact) mass is 218 g/mol. The van der Waals surface area contributed by atoms with Crippen LogP contribution in [0.1, 0.15) is 21.0 Å². The zero-order valence-corrected chi connectivity index (χ0v) is 10.2. The van der Waals surface area contributed by atoms with E-state index in [0.717, 1.165) is 36.5 Å². The van der Waals surface area contributed by atoms with Crippen molar-refractivity contribution in [2.75, 3.05) is 13.1 Å². The summed E-state index contributed by atoms with van der Waals surface area (Å²) in [5, 5.41) is 0. The quantitative estimate of drug-likeness (QED) is 0.786. The van der Waals surface area contributed by atoms with E-state index in [0.29, 0.717) is 6.04 Å². The van der Waals surface area contributed by atoms with Gasteiger partial charge in [-0.15, -0.1) is 0 Å². The molecule has 0 unspecified atom stereocenters. The van der Waals surface area contributed by atoms with Crippen molar-refractivity contribution in [3.05, 3.63) is 30.1 Å². The van der Waals surface area contributed by atoms with Crippen LogP contribution in [0.3, 0.4) is 0 Å². The van der Waals surface area contributed by atoms with Crippen molar-refractivity contribution in [1.82, 2.24) is 14.5 Å². The molecule has 1 heterocycles. The maximum absolute atomic E-state index is 7.61. The molecule has 0 spiro atoms. The summed E-state index contributed by atoms with van der Waals surface area (Å²) in [6.45, 7) is 7.25. The first-order chi connectivity index (χ1) is 8.15. The van der Waals surface area contributed by atoms with Gasteiger partial charge in [0.25, 0.3) is 0 Å². The van der Waals surface area contributed by atoms with Gasteiger partial charge in [0.2, 0.25) is 0 Å². The molecule has 0 fully saturated rings. The summed E-state index contributed by atoms with van der Waals surface area (Å²) < 4.78 is 9.73. The van der Waals surface area contributed by atoms with E-state index in [-0.39, 0.29) is 0 Å². The molecule has 1 aromatic heterocycles. The lowest BCUT2D eigenvalue weighted by Gasteiger charge is -2.17. The zero-order valence-electron chi connectivity index (χ0n) is 11.2. The van der Waals surface area contributed by atoms with Gasteiger partial charge in [-0.3, -0.25) is 4.90 Å². The number of hydrogen-bond acceptors (Lipinski definition) is 2. The molecular formula is C13H19N3. The Kier molecular flexibility index (Phi) is 2.87. The number of nitrogens with zero attached hydrogens (tertiary/aromatic N) is 3. The predicted octanol–water partition coefficient (Wildman–Crippen LogP) is 2.42. The Hall–Kier alpha value is -1.35. The standard InChI is InChI=1S/C13H19N3/c1-4-16(5-2)10-13-14-11-8-6-7-9-12(11)15(13)3/h6-9H,4-5,10H2,1-3H3/i6D. The van der Waals surface area contributed by atoms with E-state index in [4.69, 9.17) is 1.37 Å². The smallest absolute Gasteiger partial charge is 0.123 e. The van der Waals surface area contributed by atoms with Crippen molar-refractivity contribution in [2.24, 2.45) is 7.05 Å². The van der Waals surface area contributed by atoms with Crippen molar-refractivity contribution in [3.63, 3.8) is 0 Å². The molecule has 2 aromatic rings. The van der Waals surface area contributed by atoms with E-state index in [1.807, 2.05) is 25.2 Å². The van der Waals surface area contributed by atoms with Crippen LogP contribution in [0.4, 0.5) is 0 Å². The molecular weight excluding hydrogens is 198 g/mol. The lowest BCUT2D eigenvalue weighted by Crippen LogP contribution is -2.23. The van der Waals surface area contributed by atoms with E-state index in [9.17, 15) is 0 Å². The van der Waals surface area contributed by atoms with Crippen LogP contribution in [0, 0.1) is 0 Å². The second kappa shape index (κ2) is 4.66. The molecule has 0 aliphatic rings. The van der Waals surface area contributed by atoms with Gasteiger partial charge in [-0.1, -0.05) is 26.0 Å². The number of hydrogen-bond donors (Lipinski definition) is 0. The summed E-state index contributed by atoms with van der Waals surface area (Å²) >= 11 is 0. The molecule has 16 heavy (non-hydrogen) atoms. The molecule has 0 amide bonds. The lowest BCUT2D eigenvalue weighted by molar-refractivity contribution is 0.286. The highest BCUT2D eigenvalue weighted by atomic mass is 15.2. The third kappa shape index (κ3) is 1.95. The van der Waals surface area contributed by atoms with Crippen LogP contribution >= 0.6 is 0 Å². The molecule has 0 atom stereocenters. The molecule has 0 aliphatic heterocycles. The number of fused-ring (bicyclic) bond motifs is 1. The number of aryl methyl sites for hydroxylation is 1. The van der Waals surface area contributed by atoms with Crippen LogP contribution in [-0.2, 0) is 13.6 Å². The minimum absolute atomic E-state index is 0.519. The third-order valence-electron chi connectivity index (χ3n) is 3.08. The first kappa shape index (κ1) is 9.85. The Morgan fingerprint density at radius 1 is 1.38 bits per heavy atom.